The largest absolute Gasteiger partial charge is 0.329 e. The highest BCUT2D eigenvalue weighted by Crippen LogP contribution is 2.28. The van der Waals surface area contributed by atoms with E-state index in [4.69, 9.17) is 5.73 Å². The summed E-state index contributed by atoms with van der Waals surface area (Å²) in [5.41, 5.74) is 5.71. The number of hydrogen-bond donors (Lipinski definition) is 1. The van der Waals surface area contributed by atoms with E-state index in [1.54, 1.807) is 0 Å². The molecule has 0 aromatic carbocycles. The van der Waals surface area contributed by atoms with Crippen molar-refractivity contribution in [3.05, 3.63) is 20.8 Å². The van der Waals surface area contributed by atoms with Crippen LogP contribution >= 0.6 is 27.3 Å². The SMILES string of the molecule is NCCN(Cc1sccc1Br)C1CCCC1. The molecule has 0 unspecified atom stereocenters. The van der Waals surface area contributed by atoms with Crippen LogP contribution in [-0.2, 0) is 6.54 Å². The minimum atomic E-state index is 0.762. The van der Waals surface area contributed by atoms with Crippen molar-refractivity contribution in [2.24, 2.45) is 5.73 Å². The molecule has 4 heteroatoms. The van der Waals surface area contributed by atoms with Crippen LogP contribution < -0.4 is 5.73 Å². The number of nitrogens with zero attached hydrogens (tertiary/aromatic N) is 1. The molecule has 2 rings (SSSR count). The first-order valence-electron chi connectivity index (χ1n) is 5.97. The zero-order valence-corrected chi connectivity index (χ0v) is 11.9. The Labute approximate surface area is 110 Å². The maximum atomic E-state index is 5.71. The Balaban J connectivity index is 1.99. The van der Waals surface area contributed by atoms with Crippen LogP contribution in [0.2, 0.25) is 0 Å². The van der Waals surface area contributed by atoms with Crippen LogP contribution in [0.3, 0.4) is 0 Å². The first-order chi connectivity index (χ1) is 7.81. The predicted octanol–water partition coefficient (Wildman–Crippen LogP) is 3.21. The normalized spacial score (nSPS) is 17.4. The third-order valence-electron chi connectivity index (χ3n) is 3.30. The second-order valence-corrected chi connectivity index (χ2v) is 6.24. The lowest BCUT2D eigenvalue weighted by atomic mass is 10.2. The van der Waals surface area contributed by atoms with Crippen molar-refractivity contribution in [1.29, 1.82) is 0 Å². The molecule has 2 nitrogen and oxygen atoms in total. The summed E-state index contributed by atoms with van der Waals surface area (Å²) in [6, 6.07) is 2.90. The van der Waals surface area contributed by atoms with E-state index in [2.05, 4.69) is 32.3 Å². The van der Waals surface area contributed by atoms with E-state index in [-0.39, 0.29) is 0 Å². The Hall–Kier alpha value is 0.100. The molecule has 1 saturated carbocycles. The second kappa shape index (κ2) is 6.15. The van der Waals surface area contributed by atoms with Gasteiger partial charge in [0.15, 0.2) is 0 Å². The average molecular weight is 303 g/mol. The molecule has 2 N–H and O–H groups in total. The van der Waals surface area contributed by atoms with Crippen molar-refractivity contribution in [2.45, 2.75) is 38.3 Å². The van der Waals surface area contributed by atoms with Crippen molar-refractivity contribution in [2.75, 3.05) is 13.1 Å². The average Bonchev–Trinajstić information content (AvgIpc) is 2.90. The molecule has 1 aromatic rings. The number of thiophene rings is 1. The third-order valence-corrected chi connectivity index (χ3v) is 5.21. The van der Waals surface area contributed by atoms with Crippen LogP contribution in [0, 0.1) is 0 Å². The Bertz CT molecular complexity index is 321. The van der Waals surface area contributed by atoms with Crippen LogP contribution in [0.15, 0.2) is 15.9 Å². The van der Waals surface area contributed by atoms with Gasteiger partial charge in [-0.05, 0) is 40.2 Å². The molecule has 1 aromatic heterocycles. The fourth-order valence-corrected chi connectivity index (χ4v) is 3.95. The standard InChI is InChI=1S/C12H19BrN2S/c13-11-5-8-16-12(11)9-15(7-6-14)10-3-1-2-4-10/h5,8,10H,1-4,6-7,9,14H2. The van der Waals surface area contributed by atoms with E-state index in [1.165, 1.54) is 35.0 Å². The van der Waals surface area contributed by atoms with Crippen molar-refractivity contribution < 1.29 is 0 Å². The summed E-state index contributed by atoms with van der Waals surface area (Å²) >= 11 is 5.44. The van der Waals surface area contributed by atoms with Crippen LogP contribution in [0.25, 0.3) is 0 Å². The zero-order valence-electron chi connectivity index (χ0n) is 9.49. The van der Waals surface area contributed by atoms with E-state index in [0.717, 1.165) is 25.7 Å². The summed E-state index contributed by atoms with van der Waals surface area (Å²) in [5, 5.41) is 2.15. The quantitative estimate of drug-likeness (QED) is 0.905. The molecule has 1 fully saturated rings. The van der Waals surface area contributed by atoms with Gasteiger partial charge in [0.25, 0.3) is 0 Å². The first-order valence-corrected chi connectivity index (χ1v) is 7.64. The molecule has 0 atom stereocenters. The monoisotopic (exact) mass is 302 g/mol. The van der Waals surface area contributed by atoms with Crippen molar-refractivity contribution in [3.8, 4) is 0 Å². The zero-order chi connectivity index (χ0) is 11.4. The summed E-state index contributed by atoms with van der Waals surface area (Å²) in [6.07, 6.45) is 5.47. The third kappa shape index (κ3) is 3.06. The van der Waals surface area contributed by atoms with Gasteiger partial charge in [0, 0.05) is 35.0 Å². The molecule has 0 aliphatic heterocycles. The summed E-state index contributed by atoms with van der Waals surface area (Å²) < 4.78 is 1.25. The Morgan fingerprint density at radius 1 is 1.44 bits per heavy atom. The fourth-order valence-electron chi connectivity index (χ4n) is 2.45. The van der Waals surface area contributed by atoms with Crippen LogP contribution in [0.4, 0.5) is 0 Å². The lowest BCUT2D eigenvalue weighted by Gasteiger charge is -2.27. The Morgan fingerprint density at radius 3 is 2.75 bits per heavy atom. The number of hydrogen-bond acceptors (Lipinski definition) is 3. The maximum Gasteiger partial charge on any atom is 0.0342 e. The fraction of sp³-hybridized carbons (Fsp3) is 0.667. The molecule has 0 saturated heterocycles. The minimum absolute atomic E-state index is 0.762. The van der Waals surface area contributed by atoms with Gasteiger partial charge < -0.3 is 5.73 Å². The van der Waals surface area contributed by atoms with Gasteiger partial charge in [0.05, 0.1) is 0 Å². The first kappa shape index (κ1) is 12.6. The lowest BCUT2D eigenvalue weighted by Crippen LogP contribution is -2.36. The number of halogens is 1. The molecular formula is C12H19BrN2S. The van der Waals surface area contributed by atoms with Gasteiger partial charge in [-0.15, -0.1) is 11.3 Å². The van der Waals surface area contributed by atoms with Crippen LogP contribution in [-0.4, -0.2) is 24.0 Å². The summed E-state index contributed by atoms with van der Waals surface area (Å²) in [7, 11) is 0. The van der Waals surface area contributed by atoms with Gasteiger partial charge in [0.2, 0.25) is 0 Å². The van der Waals surface area contributed by atoms with Gasteiger partial charge in [0.1, 0.15) is 0 Å². The highest BCUT2D eigenvalue weighted by atomic mass is 79.9. The van der Waals surface area contributed by atoms with Gasteiger partial charge in [-0.3, -0.25) is 4.90 Å². The van der Waals surface area contributed by atoms with Gasteiger partial charge >= 0.3 is 0 Å². The summed E-state index contributed by atoms with van der Waals surface area (Å²) in [4.78, 5) is 3.99. The molecule has 1 aliphatic carbocycles. The topological polar surface area (TPSA) is 29.3 Å². The summed E-state index contributed by atoms with van der Waals surface area (Å²) in [6.45, 7) is 2.84. The van der Waals surface area contributed by atoms with E-state index in [9.17, 15) is 0 Å². The highest BCUT2D eigenvalue weighted by molar-refractivity contribution is 9.10. The molecule has 1 aliphatic rings. The van der Waals surface area contributed by atoms with E-state index in [0.29, 0.717) is 0 Å². The van der Waals surface area contributed by atoms with Crippen molar-refractivity contribution in [1.82, 2.24) is 4.90 Å². The molecular weight excluding hydrogens is 284 g/mol. The Morgan fingerprint density at radius 2 is 2.19 bits per heavy atom. The van der Waals surface area contributed by atoms with Crippen molar-refractivity contribution in [3.63, 3.8) is 0 Å². The lowest BCUT2D eigenvalue weighted by molar-refractivity contribution is 0.197. The molecule has 90 valence electrons. The smallest absolute Gasteiger partial charge is 0.0342 e. The molecule has 0 spiro atoms. The second-order valence-electron chi connectivity index (χ2n) is 4.39. The molecule has 1 heterocycles. The predicted molar refractivity (Wildman–Crippen MR) is 73.7 cm³/mol. The van der Waals surface area contributed by atoms with E-state index in [1.807, 2.05) is 11.3 Å². The van der Waals surface area contributed by atoms with Crippen LogP contribution in [0.1, 0.15) is 30.6 Å². The minimum Gasteiger partial charge on any atom is -0.329 e. The van der Waals surface area contributed by atoms with Gasteiger partial charge in [-0.2, -0.15) is 0 Å². The molecule has 16 heavy (non-hydrogen) atoms. The molecule has 0 amide bonds. The summed E-state index contributed by atoms with van der Waals surface area (Å²) in [5.74, 6) is 0. The van der Waals surface area contributed by atoms with Crippen LogP contribution in [0.5, 0.6) is 0 Å². The van der Waals surface area contributed by atoms with E-state index >= 15 is 0 Å². The number of nitrogens with two attached hydrogens (primary N) is 1. The highest BCUT2D eigenvalue weighted by Gasteiger charge is 2.22. The van der Waals surface area contributed by atoms with Crippen molar-refractivity contribution >= 4 is 27.3 Å². The molecule has 0 bridgehead atoms. The van der Waals surface area contributed by atoms with Gasteiger partial charge in [-0.25, -0.2) is 0 Å². The Kier molecular flexibility index (Phi) is 4.82. The van der Waals surface area contributed by atoms with E-state index < -0.39 is 0 Å². The molecule has 0 radical (unpaired) electrons. The van der Waals surface area contributed by atoms with Gasteiger partial charge in [-0.1, -0.05) is 12.8 Å². The number of rotatable bonds is 5. The maximum absolute atomic E-state index is 5.71.